The fourth-order valence-corrected chi connectivity index (χ4v) is 1.89. The number of nitrogens with one attached hydrogen (secondary N) is 1. The van der Waals surface area contributed by atoms with Gasteiger partial charge in [0.15, 0.2) is 0 Å². The largest absolute Gasteiger partial charge is 0.418 e. The van der Waals surface area contributed by atoms with Crippen LogP contribution in [0.2, 0.25) is 0 Å². The van der Waals surface area contributed by atoms with Crippen LogP contribution >= 0.6 is 0 Å². The van der Waals surface area contributed by atoms with Crippen molar-refractivity contribution in [2.24, 2.45) is 0 Å². The highest BCUT2D eigenvalue weighted by Crippen LogP contribution is 2.33. The molecule has 3 nitrogen and oxygen atoms in total. The summed E-state index contributed by atoms with van der Waals surface area (Å²) in [5.74, 6) is 0. The molecule has 0 radical (unpaired) electrons. The number of halogens is 3. The Morgan fingerprint density at radius 1 is 1.47 bits per heavy atom. The Balaban J connectivity index is 2.27. The van der Waals surface area contributed by atoms with E-state index in [0.717, 1.165) is 6.07 Å². The second-order valence-corrected chi connectivity index (χ2v) is 4.16. The maximum absolute atomic E-state index is 12.8. The summed E-state index contributed by atoms with van der Waals surface area (Å²) in [6.45, 7) is 1.11. The third-order valence-corrected chi connectivity index (χ3v) is 3.01. The van der Waals surface area contributed by atoms with Crippen LogP contribution in [-0.4, -0.2) is 30.8 Å². The highest BCUT2D eigenvalue weighted by molar-refractivity contribution is 5.25. The Hall–Kier alpha value is -1.14. The van der Waals surface area contributed by atoms with Gasteiger partial charge in [-0.05, 0) is 12.1 Å². The van der Waals surface area contributed by atoms with Crippen molar-refractivity contribution < 1.29 is 17.9 Å². The van der Waals surface area contributed by atoms with Gasteiger partial charge in [-0.15, -0.1) is 0 Å². The molecule has 1 aliphatic rings. The number of nitrogens with zero attached hydrogens (tertiary/aromatic N) is 1. The van der Waals surface area contributed by atoms with E-state index in [1.165, 1.54) is 19.4 Å². The summed E-state index contributed by atoms with van der Waals surface area (Å²) in [7, 11) is 1.51. The Bertz CT molecular complexity index is 396. The van der Waals surface area contributed by atoms with E-state index in [4.69, 9.17) is 4.74 Å². The zero-order valence-electron chi connectivity index (χ0n) is 9.34. The van der Waals surface area contributed by atoms with Gasteiger partial charge in [0.05, 0.1) is 16.9 Å². The standard InChI is InChI=1S/C11H13F3N2O/c1-17-10(6-15-7-10)5-9-8(11(12,13)14)3-2-4-16-9/h2-4,15H,5-7H2,1H3. The lowest BCUT2D eigenvalue weighted by Gasteiger charge is -2.41. The molecule has 0 saturated carbocycles. The van der Waals surface area contributed by atoms with Gasteiger partial charge in [-0.1, -0.05) is 0 Å². The molecule has 1 aliphatic heterocycles. The van der Waals surface area contributed by atoms with Crippen LogP contribution in [0.1, 0.15) is 11.3 Å². The minimum absolute atomic E-state index is 0.0448. The second-order valence-electron chi connectivity index (χ2n) is 4.16. The molecule has 2 rings (SSSR count). The molecule has 0 aromatic carbocycles. The molecule has 1 N–H and O–H groups in total. The molecule has 6 heteroatoms. The van der Waals surface area contributed by atoms with E-state index in [2.05, 4.69) is 10.3 Å². The van der Waals surface area contributed by atoms with Crippen molar-refractivity contribution >= 4 is 0 Å². The zero-order valence-corrected chi connectivity index (χ0v) is 9.34. The number of hydrogen-bond acceptors (Lipinski definition) is 3. The van der Waals surface area contributed by atoms with Crippen molar-refractivity contribution in [3.8, 4) is 0 Å². The SMILES string of the molecule is COC1(Cc2ncccc2C(F)(F)F)CNC1. The summed E-state index contributed by atoms with van der Waals surface area (Å²) in [5.41, 5.74) is -1.18. The number of rotatable bonds is 3. The number of ether oxygens (including phenoxy) is 1. The molecule has 0 atom stereocenters. The molecule has 17 heavy (non-hydrogen) atoms. The van der Waals surface area contributed by atoms with Gasteiger partial charge >= 0.3 is 6.18 Å². The van der Waals surface area contributed by atoms with Gasteiger partial charge in [0.1, 0.15) is 0 Å². The van der Waals surface area contributed by atoms with E-state index >= 15 is 0 Å². The Kier molecular flexibility index (Phi) is 3.09. The monoisotopic (exact) mass is 246 g/mol. The minimum atomic E-state index is -4.37. The number of pyridine rings is 1. The van der Waals surface area contributed by atoms with Crippen molar-refractivity contribution in [3.05, 3.63) is 29.6 Å². The predicted molar refractivity (Wildman–Crippen MR) is 55.6 cm³/mol. The molecule has 0 aliphatic carbocycles. The molecular formula is C11H13F3N2O. The van der Waals surface area contributed by atoms with E-state index in [-0.39, 0.29) is 12.1 Å². The molecular weight excluding hydrogens is 233 g/mol. The van der Waals surface area contributed by atoms with Crippen molar-refractivity contribution in [2.45, 2.75) is 18.2 Å². The van der Waals surface area contributed by atoms with Gasteiger partial charge in [0.2, 0.25) is 0 Å². The van der Waals surface area contributed by atoms with Gasteiger partial charge in [-0.3, -0.25) is 4.98 Å². The highest BCUT2D eigenvalue weighted by atomic mass is 19.4. The molecule has 2 heterocycles. The van der Waals surface area contributed by atoms with Crippen LogP contribution in [0.15, 0.2) is 18.3 Å². The molecule has 1 saturated heterocycles. The first-order chi connectivity index (χ1) is 7.97. The molecule has 0 unspecified atom stereocenters. The molecule has 0 amide bonds. The number of aromatic nitrogens is 1. The minimum Gasteiger partial charge on any atom is -0.375 e. The summed E-state index contributed by atoms with van der Waals surface area (Å²) in [6.07, 6.45) is -2.82. The lowest BCUT2D eigenvalue weighted by atomic mass is 9.89. The lowest BCUT2D eigenvalue weighted by Crippen LogP contribution is -2.62. The van der Waals surface area contributed by atoms with Crippen LogP contribution in [0.5, 0.6) is 0 Å². The third kappa shape index (κ3) is 2.42. The summed E-state index contributed by atoms with van der Waals surface area (Å²) in [6, 6.07) is 2.35. The van der Waals surface area contributed by atoms with E-state index in [0.29, 0.717) is 13.1 Å². The molecule has 94 valence electrons. The molecule has 1 fully saturated rings. The summed E-state index contributed by atoms with van der Waals surface area (Å²) < 4.78 is 43.5. The fourth-order valence-electron chi connectivity index (χ4n) is 1.89. The Morgan fingerprint density at radius 3 is 2.65 bits per heavy atom. The predicted octanol–water partition coefficient (Wildman–Crippen LogP) is 1.63. The van der Waals surface area contributed by atoms with Gasteiger partial charge in [0, 0.05) is 32.8 Å². The van der Waals surface area contributed by atoms with Gasteiger partial charge < -0.3 is 10.1 Å². The van der Waals surface area contributed by atoms with Crippen LogP contribution in [-0.2, 0) is 17.3 Å². The normalized spacial score (nSPS) is 18.8. The van der Waals surface area contributed by atoms with Gasteiger partial charge in [-0.2, -0.15) is 13.2 Å². The first-order valence-corrected chi connectivity index (χ1v) is 5.24. The van der Waals surface area contributed by atoms with E-state index in [1.54, 1.807) is 0 Å². The van der Waals surface area contributed by atoms with Gasteiger partial charge in [0.25, 0.3) is 0 Å². The van der Waals surface area contributed by atoms with Crippen LogP contribution in [0.4, 0.5) is 13.2 Å². The smallest absolute Gasteiger partial charge is 0.375 e. The van der Waals surface area contributed by atoms with Crippen LogP contribution in [0.3, 0.4) is 0 Å². The molecule has 1 aromatic heterocycles. The summed E-state index contributed by atoms with van der Waals surface area (Å²) in [4.78, 5) is 3.83. The quantitative estimate of drug-likeness (QED) is 0.880. The number of alkyl halides is 3. The van der Waals surface area contributed by atoms with Crippen LogP contribution < -0.4 is 5.32 Å². The highest BCUT2D eigenvalue weighted by Gasteiger charge is 2.41. The van der Waals surface area contributed by atoms with Crippen molar-refractivity contribution in [1.82, 2.24) is 10.3 Å². The maximum Gasteiger partial charge on any atom is 0.418 e. The average Bonchev–Trinajstić information content (AvgIpc) is 2.23. The Morgan fingerprint density at radius 2 is 2.18 bits per heavy atom. The third-order valence-electron chi connectivity index (χ3n) is 3.01. The number of hydrogen-bond donors (Lipinski definition) is 1. The van der Waals surface area contributed by atoms with E-state index < -0.39 is 17.3 Å². The van der Waals surface area contributed by atoms with Crippen molar-refractivity contribution in [2.75, 3.05) is 20.2 Å². The Labute approximate surface area is 97.0 Å². The summed E-state index contributed by atoms with van der Waals surface area (Å²) >= 11 is 0. The second kappa shape index (κ2) is 4.27. The van der Waals surface area contributed by atoms with E-state index in [9.17, 15) is 13.2 Å². The van der Waals surface area contributed by atoms with Crippen molar-refractivity contribution in [1.29, 1.82) is 0 Å². The average molecular weight is 246 g/mol. The molecule has 1 aromatic rings. The van der Waals surface area contributed by atoms with Gasteiger partial charge in [-0.25, -0.2) is 0 Å². The topological polar surface area (TPSA) is 34.1 Å². The van der Waals surface area contributed by atoms with Crippen molar-refractivity contribution in [3.63, 3.8) is 0 Å². The summed E-state index contributed by atoms with van der Waals surface area (Å²) in [5, 5.41) is 3.00. The zero-order chi connectivity index (χ0) is 12.5. The van der Waals surface area contributed by atoms with Crippen LogP contribution in [0, 0.1) is 0 Å². The first kappa shape index (κ1) is 12.3. The fraction of sp³-hybridized carbons (Fsp3) is 0.545. The molecule has 0 bridgehead atoms. The number of methoxy groups -OCH3 is 1. The first-order valence-electron chi connectivity index (χ1n) is 5.24. The molecule has 0 spiro atoms. The maximum atomic E-state index is 12.8. The van der Waals surface area contributed by atoms with E-state index in [1.807, 2.05) is 0 Å². The lowest BCUT2D eigenvalue weighted by molar-refractivity contribution is -0.139. The van der Waals surface area contributed by atoms with Crippen LogP contribution in [0.25, 0.3) is 0 Å².